The topological polar surface area (TPSA) is 112 Å². The van der Waals surface area contributed by atoms with E-state index in [1.807, 2.05) is 0 Å². The summed E-state index contributed by atoms with van der Waals surface area (Å²) < 4.78 is 0. The third-order valence-corrected chi connectivity index (χ3v) is 4.33. The summed E-state index contributed by atoms with van der Waals surface area (Å²) in [7, 11) is 0. The van der Waals surface area contributed by atoms with Gasteiger partial charge in [-0.1, -0.05) is 11.8 Å². The Hall–Kier alpha value is -1.57. The lowest BCUT2D eigenvalue weighted by atomic mass is 10.1. The van der Waals surface area contributed by atoms with Crippen molar-refractivity contribution in [2.45, 2.75) is 38.6 Å². The van der Waals surface area contributed by atoms with Crippen molar-refractivity contribution >= 4 is 34.7 Å². The Kier molecular flexibility index (Phi) is 6.67. The molecule has 2 atom stereocenters. The third-order valence-electron chi connectivity index (χ3n) is 3.29. The summed E-state index contributed by atoms with van der Waals surface area (Å²) in [6.45, 7) is 1.76. The fourth-order valence-electron chi connectivity index (χ4n) is 2.32. The molecule has 0 spiro atoms. The van der Waals surface area contributed by atoms with Gasteiger partial charge in [0.15, 0.2) is 5.12 Å². The number of hydrogen-bond acceptors (Lipinski definition) is 5. The van der Waals surface area contributed by atoms with E-state index in [0.29, 0.717) is 12.3 Å². The number of carboxylic acid groups (broad SMARTS) is 2. The first-order chi connectivity index (χ1) is 9.81. The molecule has 7 nitrogen and oxygen atoms in total. The lowest BCUT2D eigenvalue weighted by molar-refractivity contribution is -0.149. The van der Waals surface area contributed by atoms with Gasteiger partial charge >= 0.3 is 11.9 Å². The van der Waals surface area contributed by atoms with Gasteiger partial charge in [0.2, 0.25) is 5.91 Å². The van der Waals surface area contributed by atoms with E-state index in [9.17, 15) is 24.3 Å². The van der Waals surface area contributed by atoms with Crippen molar-refractivity contribution in [3.63, 3.8) is 0 Å². The number of hydrogen-bond donors (Lipinski definition) is 2. The zero-order valence-corrected chi connectivity index (χ0v) is 12.6. The van der Waals surface area contributed by atoms with Crippen LogP contribution >= 0.6 is 11.8 Å². The Morgan fingerprint density at radius 2 is 2.05 bits per heavy atom. The summed E-state index contributed by atoms with van der Waals surface area (Å²) in [5, 5.41) is 17.8. The van der Waals surface area contributed by atoms with Gasteiger partial charge < -0.3 is 15.1 Å². The summed E-state index contributed by atoms with van der Waals surface area (Å²) in [6, 6.07) is -0.982. The largest absolute Gasteiger partial charge is 0.481 e. The van der Waals surface area contributed by atoms with Crippen LogP contribution < -0.4 is 0 Å². The van der Waals surface area contributed by atoms with Crippen molar-refractivity contribution in [1.29, 1.82) is 0 Å². The molecule has 1 amide bonds. The molecule has 1 fully saturated rings. The summed E-state index contributed by atoms with van der Waals surface area (Å²) in [6.07, 6.45) is 0.460. The third kappa shape index (κ3) is 5.74. The van der Waals surface area contributed by atoms with E-state index in [1.165, 1.54) is 11.8 Å². The number of rotatable bonds is 8. The second-order valence-corrected chi connectivity index (χ2v) is 6.26. The molecule has 0 aliphatic carbocycles. The van der Waals surface area contributed by atoms with Gasteiger partial charge in [-0.25, -0.2) is 4.79 Å². The molecule has 0 bridgehead atoms. The number of amides is 1. The summed E-state index contributed by atoms with van der Waals surface area (Å²) in [5.41, 5.74) is 0. The van der Waals surface area contributed by atoms with Crippen LogP contribution in [0.3, 0.4) is 0 Å². The minimum atomic E-state index is -1.12. The number of carboxylic acids is 2. The lowest BCUT2D eigenvalue weighted by Gasteiger charge is -2.24. The Morgan fingerprint density at radius 1 is 1.38 bits per heavy atom. The number of nitrogens with zero attached hydrogens (tertiary/aromatic N) is 1. The molecule has 1 saturated heterocycles. The predicted octanol–water partition coefficient (Wildman–Crippen LogP) is 0.823. The van der Waals surface area contributed by atoms with Crippen LogP contribution in [0.4, 0.5) is 0 Å². The van der Waals surface area contributed by atoms with E-state index in [0.717, 1.165) is 11.8 Å². The summed E-state index contributed by atoms with van der Waals surface area (Å²) >= 11 is 1.13. The van der Waals surface area contributed by atoms with Gasteiger partial charge in [-0.2, -0.15) is 0 Å². The van der Waals surface area contributed by atoms with Crippen LogP contribution in [0.5, 0.6) is 0 Å². The second-order valence-electron chi connectivity index (χ2n) is 5.06. The fourth-order valence-corrected chi connectivity index (χ4v) is 3.01. The van der Waals surface area contributed by atoms with Gasteiger partial charge in [0.25, 0.3) is 0 Å². The molecular formula is C13H19NO6S. The van der Waals surface area contributed by atoms with Gasteiger partial charge in [-0.15, -0.1) is 0 Å². The molecule has 0 saturated carbocycles. The Labute approximate surface area is 126 Å². The zero-order valence-electron chi connectivity index (χ0n) is 11.8. The van der Waals surface area contributed by atoms with E-state index >= 15 is 0 Å². The van der Waals surface area contributed by atoms with Crippen LogP contribution in [0.25, 0.3) is 0 Å². The van der Waals surface area contributed by atoms with E-state index in [2.05, 4.69) is 0 Å². The molecule has 1 heterocycles. The quantitative estimate of drug-likeness (QED) is 0.681. The summed E-state index contributed by atoms with van der Waals surface area (Å²) in [5.74, 6) is -1.88. The van der Waals surface area contributed by atoms with Gasteiger partial charge in [0.1, 0.15) is 6.04 Å². The Balaban J connectivity index is 2.58. The van der Waals surface area contributed by atoms with Crippen LogP contribution in [0.1, 0.15) is 32.6 Å². The van der Waals surface area contributed by atoms with Crippen LogP contribution in [-0.2, 0) is 19.2 Å². The molecule has 0 aromatic heterocycles. The molecule has 0 radical (unpaired) electrons. The molecule has 1 aliphatic heterocycles. The Morgan fingerprint density at radius 3 is 2.57 bits per heavy atom. The molecule has 1 aliphatic rings. The van der Waals surface area contributed by atoms with Gasteiger partial charge in [0, 0.05) is 32.1 Å². The zero-order chi connectivity index (χ0) is 16.0. The van der Waals surface area contributed by atoms with E-state index in [4.69, 9.17) is 5.11 Å². The molecule has 0 aromatic carbocycles. The molecular weight excluding hydrogens is 298 g/mol. The van der Waals surface area contributed by atoms with Crippen molar-refractivity contribution in [3.05, 3.63) is 0 Å². The highest BCUT2D eigenvalue weighted by Gasteiger charge is 2.37. The van der Waals surface area contributed by atoms with Gasteiger partial charge in [-0.3, -0.25) is 14.4 Å². The van der Waals surface area contributed by atoms with E-state index in [1.54, 1.807) is 0 Å². The number of carbonyl (C=O) groups is 4. The first-order valence-electron chi connectivity index (χ1n) is 6.68. The maximum Gasteiger partial charge on any atom is 0.326 e. The van der Waals surface area contributed by atoms with Crippen molar-refractivity contribution < 1.29 is 29.4 Å². The average Bonchev–Trinajstić information content (AvgIpc) is 2.72. The van der Waals surface area contributed by atoms with Gasteiger partial charge in [0.05, 0.1) is 0 Å². The smallest absolute Gasteiger partial charge is 0.326 e. The average molecular weight is 317 g/mol. The van der Waals surface area contributed by atoms with E-state index < -0.39 is 18.0 Å². The first-order valence-corrected chi connectivity index (χ1v) is 7.67. The maximum atomic E-state index is 11.9. The Bertz CT molecular complexity index is 438. The SMILES string of the molecule is CC(=O)SCC1CC(=O)N(C(CCCC(=O)O)C(=O)O)C1. The number of aliphatic carboxylic acids is 2. The first kappa shape index (κ1) is 17.5. The number of carbonyl (C=O) groups excluding carboxylic acids is 2. The van der Waals surface area contributed by atoms with Crippen LogP contribution in [0, 0.1) is 5.92 Å². The number of likely N-dealkylation sites (tertiary alicyclic amines) is 1. The minimum Gasteiger partial charge on any atom is -0.481 e. The molecule has 2 unspecified atom stereocenters. The molecule has 0 aromatic rings. The van der Waals surface area contributed by atoms with Crippen molar-refractivity contribution in [3.8, 4) is 0 Å². The second kappa shape index (κ2) is 8.02. The van der Waals surface area contributed by atoms with Crippen LogP contribution in [-0.4, -0.2) is 56.4 Å². The molecule has 21 heavy (non-hydrogen) atoms. The highest BCUT2D eigenvalue weighted by atomic mass is 32.2. The molecule has 8 heteroatoms. The van der Waals surface area contributed by atoms with Crippen molar-refractivity contribution in [2.24, 2.45) is 5.92 Å². The highest BCUT2D eigenvalue weighted by Crippen LogP contribution is 2.25. The van der Waals surface area contributed by atoms with Crippen LogP contribution in [0.15, 0.2) is 0 Å². The molecule has 2 N–H and O–H groups in total. The fraction of sp³-hybridized carbons (Fsp3) is 0.692. The van der Waals surface area contributed by atoms with Crippen LogP contribution in [0.2, 0.25) is 0 Å². The number of thioether (sulfide) groups is 1. The maximum absolute atomic E-state index is 11.9. The van der Waals surface area contributed by atoms with Gasteiger partial charge in [-0.05, 0) is 18.8 Å². The monoisotopic (exact) mass is 317 g/mol. The summed E-state index contributed by atoms with van der Waals surface area (Å²) in [4.78, 5) is 45.9. The predicted molar refractivity (Wildman–Crippen MR) is 75.9 cm³/mol. The normalized spacial score (nSPS) is 19.6. The standard InChI is InChI=1S/C13H19NO6S/c1-8(15)21-7-9-5-11(16)14(6-9)10(13(19)20)3-2-4-12(17)18/h9-10H,2-7H2,1H3,(H,17,18)(H,19,20). The minimum absolute atomic E-state index is 0.0304. The van der Waals surface area contributed by atoms with E-state index in [-0.39, 0.29) is 42.6 Å². The van der Waals surface area contributed by atoms with Crippen molar-refractivity contribution in [2.75, 3.05) is 12.3 Å². The molecule has 1 rings (SSSR count). The van der Waals surface area contributed by atoms with Crippen molar-refractivity contribution in [1.82, 2.24) is 4.90 Å². The molecule has 118 valence electrons. The lowest BCUT2D eigenvalue weighted by Crippen LogP contribution is -2.42. The highest BCUT2D eigenvalue weighted by molar-refractivity contribution is 8.13.